The summed E-state index contributed by atoms with van der Waals surface area (Å²) in [7, 11) is 5.97. The molecule has 0 fully saturated rings. The lowest BCUT2D eigenvalue weighted by atomic mass is 9.95. The molecule has 0 aliphatic heterocycles. The van der Waals surface area contributed by atoms with E-state index >= 15 is 0 Å². The van der Waals surface area contributed by atoms with E-state index in [4.69, 9.17) is 0 Å². The molecule has 0 bridgehead atoms. The number of pyridine rings is 1. The summed E-state index contributed by atoms with van der Waals surface area (Å²) in [5.74, 6) is 0.0913. The van der Waals surface area contributed by atoms with Gasteiger partial charge in [-0.25, -0.2) is 0 Å². The van der Waals surface area contributed by atoms with Crippen molar-refractivity contribution < 1.29 is 5.11 Å². The Balaban J connectivity index is 2.05. The highest BCUT2D eigenvalue weighted by Crippen LogP contribution is 2.23. The van der Waals surface area contributed by atoms with Crippen LogP contribution < -0.4 is 9.80 Å². The smallest absolute Gasteiger partial charge is 0.0780 e. The second-order valence-electron chi connectivity index (χ2n) is 5.94. The molecule has 1 heterocycles. The number of likely N-dealkylation sites (N-methyl/N-ethyl adjacent to an activating group) is 1. The molecule has 2 atom stereocenters. The molecular weight excluding hydrogens is 274 g/mol. The number of aromatic nitrogens is 1. The van der Waals surface area contributed by atoms with Gasteiger partial charge < -0.3 is 14.9 Å². The lowest BCUT2D eigenvalue weighted by molar-refractivity contribution is 0.156. The van der Waals surface area contributed by atoms with Gasteiger partial charge >= 0.3 is 0 Å². The van der Waals surface area contributed by atoms with Gasteiger partial charge in [0.2, 0.25) is 0 Å². The lowest BCUT2D eigenvalue weighted by Gasteiger charge is -2.27. The molecule has 118 valence electrons. The van der Waals surface area contributed by atoms with Crippen LogP contribution >= 0.6 is 0 Å². The molecular formula is C18H25N3O. The van der Waals surface area contributed by atoms with Gasteiger partial charge in [-0.15, -0.1) is 0 Å². The number of hydrogen-bond donors (Lipinski definition) is 1. The van der Waals surface area contributed by atoms with Gasteiger partial charge in [-0.3, -0.25) is 4.98 Å². The summed E-state index contributed by atoms with van der Waals surface area (Å²) in [6.45, 7) is 2.62. The first-order valence-corrected chi connectivity index (χ1v) is 7.55. The number of nitrogens with zero attached hydrogens (tertiary/aromatic N) is 3. The highest BCUT2D eigenvalue weighted by molar-refractivity contribution is 5.56. The average Bonchev–Trinajstić information content (AvgIpc) is 2.54. The molecule has 1 aromatic heterocycles. The highest BCUT2D eigenvalue weighted by Gasteiger charge is 2.18. The molecule has 4 heteroatoms. The number of aliphatic hydroxyl groups is 1. The summed E-state index contributed by atoms with van der Waals surface area (Å²) < 4.78 is 0. The second-order valence-corrected chi connectivity index (χ2v) is 5.94. The topological polar surface area (TPSA) is 39.6 Å². The lowest BCUT2D eigenvalue weighted by Crippen LogP contribution is -2.32. The van der Waals surface area contributed by atoms with E-state index in [-0.39, 0.29) is 5.92 Å². The Morgan fingerprint density at radius 2 is 1.68 bits per heavy atom. The molecule has 1 aromatic carbocycles. The van der Waals surface area contributed by atoms with Crippen LogP contribution in [0.1, 0.15) is 18.4 Å². The Bertz CT molecular complexity index is 586. The molecule has 0 saturated carbocycles. The van der Waals surface area contributed by atoms with Gasteiger partial charge in [-0.1, -0.05) is 37.3 Å². The zero-order valence-corrected chi connectivity index (χ0v) is 13.8. The van der Waals surface area contributed by atoms with Gasteiger partial charge in [0.1, 0.15) is 0 Å². The molecule has 4 nitrogen and oxygen atoms in total. The Kier molecular flexibility index (Phi) is 5.39. The van der Waals surface area contributed by atoms with Crippen molar-refractivity contribution in [2.45, 2.75) is 18.9 Å². The monoisotopic (exact) mass is 299 g/mol. The maximum Gasteiger partial charge on any atom is 0.0780 e. The SMILES string of the molecule is CC(c1ccccc1)[C@@H](O)CN(C)c1cncc(N(C)C)c1. The molecule has 0 spiro atoms. The van der Waals surface area contributed by atoms with Crippen molar-refractivity contribution in [3.8, 4) is 0 Å². The van der Waals surface area contributed by atoms with Crippen LogP contribution in [0.5, 0.6) is 0 Å². The summed E-state index contributed by atoms with van der Waals surface area (Å²) in [4.78, 5) is 8.34. The molecule has 0 amide bonds. The van der Waals surface area contributed by atoms with Crippen LogP contribution in [0.15, 0.2) is 48.8 Å². The van der Waals surface area contributed by atoms with Crippen LogP contribution in [-0.2, 0) is 0 Å². The minimum absolute atomic E-state index is 0.0913. The van der Waals surface area contributed by atoms with Gasteiger partial charge in [0.15, 0.2) is 0 Å². The van der Waals surface area contributed by atoms with Crippen LogP contribution in [0, 0.1) is 0 Å². The van der Waals surface area contributed by atoms with Crippen LogP contribution in [0.25, 0.3) is 0 Å². The first-order valence-electron chi connectivity index (χ1n) is 7.55. The standard InChI is InChI=1S/C18H25N3O/c1-14(15-8-6-5-7-9-15)18(22)13-21(4)17-10-16(20(2)3)11-19-12-17/h5-12,14,18,22H,13H2,1-4H3/t14?,18-/m0/s1. The Morgan fingerprint density at radius 1 is 1.05 bits per heavy atom. The van der Waals surface area contributed by atoms with Crippen LogP contribution in [0.2, 0.25) is 0 Å². The normalized spacial score (nSPS) is 13.5. The van der Waals surface area contributed by atoms with Gasteiger partial charge in [0.05, 0.1) is 29.9 Å². The molecule has 0 saturated heterocycles. The van der Waals surface area contributed by atoms with E-state index in [2.05, 4.69) is 30.1 Å². The zero-order valence-electron chi connectivity index (χ0n) is 13.8. The van der Waals surface area contributed by atoms with E-state index in [0.29, 0.717) is 6.54 Å². The van der Waals surface area contributed by atoms with Crippen molar-refractivity contribution in [1.29, 1.82) is 0 Å². The minimum atomic E-state index is -0.435. The second kappa shape index (κ2) is 7.27. The van der Waals surface area contributed by atoms with Gasteiger partial charge in [0, 0.05) is 33.6 Å². The van der Waals surface area contributed by atoms with E-state index in [1.807, 2.05) is 61.5 Å². The van der Waals surface area contributed by atoms with Gasteiger partial charge in [-0.05, 0) is 11.6 Å². The van der Waals surface area contributed by atoms with E-state index in [0.717, 1.165) is 16.9 Å². The van der Waals surface area contributed by atoms with Crippen molar-refractivity contribution in [3.05, 3.63) is 54.4 Å². The predicted molar refractivity (Wildman–Crippen MR) is 92.7 cm³/mol. The number of hydrogen-bond acceptors (Lipinski definition) is 4. The number of anilines is 2. The summed E-state index contributed by atoms with van der Waals surface area (Å²) in [6, 6.07) is 12.2. The van der Waals surface area contributed by atoms with Crippen molar-refractivity contribution in [1.82, 2.24) is 4.98 Å². The highest BCUT2D eigenvalue weighted by atomic mass is 16.3. The molecule has 1 N–H and O–H groups in total. The van der Waals surface area contributed by atoms with Crippen molar-refractivity contribution in [2.75, 3.05) is 37.5 Å². The van der Waals surface area contributed by atoms with E-state index < -0.39 is 6.10 Å². The van der Waals surface area contributed by atoms with E-state index in [9.17, 15) is 5.11 Å². The average molecular weight is 299 g/mol. The fourth-order valence-corrected chi connectivity index (χ4v) is 2.39. The van der Waals surface area contributed by atoms with E-state index in [1.165, 1.54) is 0 Å². The van der Waals surface area contributed by atoms with Gasteiger partial charge in [-0.2, -0.15) is 0 Å². The Labute approximate surface area is 133 Å². The molecule has 2 aromatic rings. The van der Waals surface area contributed by atoms with Crippen molar-refractivity contribution in [3.63, 3.8) is 0 Å². The maximum absolute atomic E-state index is 10.5. The third-order valence-electron chi connectivity index (χ3n) is 4.03. The van der Waals surface area contributed by atoms with Crippen molar-refractivity contribution >= 4 is 11.4 Å². The summed E-state index contributed by atoms with van der Waals surface area (Å²) in [6.07, 6.45) is 3.23. The molecule has 0 aliphatic rings. The summed E-state index contributed by atoms with van der Waals surface area (Å²) in [5.41, 5.74) is 3.21. The first-order chi connectivity index (χ1) is 10.5. The quantitative estimate of drug-likeness (QED) is 0.890. The molecule has 1 unspecified atom stereocenters. The van der Waals surface area contributed by atoms with Gasteiger partial charge in [0.25, 0.3) is 0 Å². The Morgan fingerprint density at radius 3 is 2.32 bits per heavy atom. The number of aliphatic hydroxyl groups excluding tert-OH is 1. The first kappa shape index (κ1) is 16.3. The van der Waals surface area contributed by atoms with E-state index in [1.54, 1.807) is 0 Å². The fraction of sp³-hybridized carbons (Fsp3) is 0.389. The van der Waals surface area contributed by atoms with Crippen LogP contribution in [0.3, 0.4) is 0 Å². The third kappa shape index (κ3) is 3.98. The number of rotatable bonds is 6. The minimum Gasteiger partial charge on any atom is -0.391 e. The largest absolute Gasteiger partial charge is 0.391 e. The fourth-order valence-electron chi connectivity index (χ4n) is 2.39. The van der Waals surface area contributed by atoms with Crippen LogP contribution in [-0.4, -0.2) is 43.9 Å². The molecule has 0 radical (unpaired) electrons. The predicted octanol–water partition coefficient (Wildman–Crippen LogP) is 2.75. The molecule has 0 aliphatic carbocycles. The maximum atomic E-state index is 10.5. The summed E-state index contributed by atoms with van der Waals surface area (Å²) >= 11 is 0. The Hall–Kier alpha value is -2.07. The molecule has 2 rings (SSSR count). The molecule has 22 heavy (non-hydrogen) atoms. The summed E-state index contributed by atoms with van der Waals surface area (Å²) in [5, 5.41) is 10.5. The van der Waals surface area contributed by atoms with Crippen molar-refractivity contribution in [2.24, 2.45) is 0 Å². The zero-order chi connectivity index (χ0) is 16.1. The third-order valence-corrected chi connectivity index (χ3v) is 4.03. The number of benzene rings is 1. The van der Waals surface area contributed by atoms with Crippen LogP contribution in [0.4, 0.5) is 11.4 Å².